The molecule has 5 rings (SSSR count). The summed E-state index contributed by atoms with van der Waals surface area (Å²) >= 11 is 6.12. The van der Waals surface area contributed by atoms with Crippen LogP contribution < -0.4 is 5.32 Å². The molecule has 0 fully saturated rings. The third-order valence-electron chi connectivity index (χ3n) is 5.67. The van der Waals surface area contributed by atoms with Crippen molar-refractivity contribution in [1.29, 1.82) is 0 Å². The van der Waals surface area contributed by atoms with Crippen LogP contribution in [0.25, 0.3) is 10.9 Å². The largest absolute Gasteiger partial charge is 0.324 e. The molecule has 1 N–H and O–H groups in total. The molecule has 0 radical (unpaired) electrons. The highest BCUT2D eigenvalue weighted by Crippen LogP contribution is 2.33. The van der Waals surface area contributed by atoms with Crippen LogP contribution in [-0.2, 0) is 9.59 Å². The predicted octanol–water partition coefficient (Wildman–Crippen LogP) is 5.46. The van der Waals surface area contributed by atoms with Crippen LogP contribution in [0.2, 0.25) is 5.02 Å². The molecule has 164 valence electrons. The van der Waals surface area contributed by atoms with Gasteiger partial charge in [0.25, 0.3) is 5.91 Å². The molecular formula is C26H21ClN4O2. The first-order valence-electron chi connectivity index (χ1n) is 10.7. The van der Waals surface area contributed by atoms with Crippen molar-refractivity contribution in [3.8, 4) is 0 Å². The molecule has 1 aliphatic heterocycles. The Balaban J connectivity index is 1.42. The number of hydrogen-bond donors (Lipinski definition) is 1. The van der Waals surface area contributed by atoms with Crippen LogP contribution in [0.15, 0.2) is 96.2 Å². The van der Waals surface area contributed by atoms with Gasteiger partial charge in [-0.05, 0) is 35.2 Å². The normalized spacial score (nSPS) is 15.5. The van der Waals surface area contributed by atoms with E-state index in [2.05, 4.69) is 10.4 Å². The van der Waals surface area contributed by atoms with Gasteiger partial charge in [0, 0.05) is 12.6 Å². The maximum absolute atomic E-state index is 13.2. The first-order chi connectivity index (χ1) is 16.1. The molecule has 0 spiro atoms. The summed E-state index contributed by atoms with van der Waals surface area (Å²) in [6.45, 7) is 0. The van der Waals surface area contributed by atoms with Crippen LogP contribution in [0.5, 0.6) is 0 Å². The summed E-state index contributed by atoms with van der Waals surface area (Å²) in [5.74, 6) is -0.0558. The summed E-state index contributed by atoms with van der Waals surface area (Å²) in [6, 6.07) is 26.4. The molecule has 0 bridgehead atoms. The van der Waals surface area contributed by atoms with Gasteiger partial charge in [0.2, 0.25) is 5.91 Å². The smallest absolute Gasteiger partial charge is 0.252 e. The van der Waals surface area contributed by atoms with Gasteiger partial charge < -0.3 is 9.88 Å². The summed E-state index contributed by atoms with van der Waals surface area (Å²) in [7, 11) is 0. The van der Waals surface area contributed by atoms with Crippen molar-refractivity contribution >= 4 is 45.8 Å². The highest BCUT2D eigenvalue weighted by Gasteiger charge is 2.34. The quantitative estimate of drug-likeness (QED) is 0.414. The van der Waals surface area contributed by atoms with E-state index in [1.807, 2.05) is 71.4 Å². The van der Waals surface area contributed by atoms with E-state index >= 15 is 0 Å². The number of para-hydroxylation sites is 2. The van der Waals surface area contributed by atoms with Gasteiger partial charge in [-0.3, -0.25) is 9.59 Å². The molecule has 2 heterocycles. The van der Waals surface area contributed by atoms with Crippen LogP contribution in [0, 0.1) is 0 Å². The Morgan fingerprint density at radius 3 is 2.48 bits per heavy atom. The lowest BCUT2D eigenvalue weighted by atomic mass is 10.0. The first-order valence-corrected chi connectivity index (χ1v) is 11.0. The van der Waals surface area contributed by atoms with Gasteiger partial charge in [-0.1, -0.05) is 72.3 Å². The number of nitrogens with zero attached hydrogens (tertiary/aromatic N) is 3. The molecule has 1 aliphatic rings. The van der Waals surface area contributed by atoms with Gasteiger partial charge in [0.1, 0.15) is 12.3 Å². The van der Waals surface area contributed by atoms with Crippen LogP contribution >= 0.6 is 11.6 Å². The second-order valence-electron chi connectivity index (χ2n) is 7.83. The zero-order chi connectivity index (χ0) is 22.8. The number of rotatable bonds is 4. The Morgan fingerprint density at radius 2 is 1.67 bits per heavy atom. The van der Waals surface area contributed by atoms with E-state index in [-0.39, 0.29) is 18.4 Å². The average molecular weight is 457 g/mol. The van der Waals surface area contributed by atoms with E-state index in [0.29, 0.717) is 17.1 Å². The Labute approximate surface area is 196 Å². The van der Waals surface area contributed by atoms with Gasteiger partial charge in [-0.2, -0.15) is 5.10 Å². The number of anilines is 1. The minimum Gasteiger partial charge on any atom is -0.324 e. The lowest BCUT2D eigenvalue weighted by molar-refractivity contribution is -0.136. The Bertz CT molecular complexity index is 1360. The number of hydrogen-bond acceptors (Lipinski definition) is 3. The number of benzene rings is 3. The second kappa shape index (κ2) is 8.92. The monoisotopic (exact) mass is 456 g/mol. The minimum absolute atomic E-state index is 0.289. The van der Waals surface area contributed by atoms with Crippen molar-refractivity contribution in [3.63, 3.8) is 0 Å². The summed E-state index contributed by atoms with van der Waals surface area (Å²) < 4.78 is 2.00. The molecule has 6 nitrogen and oxygen atoms in total. The molecule has 3 aromatic carbocycles. The van der Waals surface area contributed by atoms with Gasteiger partial charge >= 0.3 is 0 Å². The molecule has 0 unspecified atom stereocenters. The molecule has 2 amide bonds. The maximum Gasteiger partial charge on any atom is 0.252 e. The number of carbonyl (C=O) groups excluding carboxylic acids is 2. The zero-order valence-corrected chi connectivity index (χ0v) is 18.4. The molecule has 4 aromatic rings. The van der Waals surface area contributed by atoms with Crippen molar-refractivity contribution in [2.24, 2.45) is 5.10 Å². The highest BCUT2D eigenvalue weighted by atomic mass is 35.5. The van der Waals surface area contributed by atoms with Crippen LogP contribution in [0.1, 0.15) is 24.4 Å². The molecule has 1 aromatic heterocycles. The van der Waals surface area contributed by atoms with Gasteiger partial charge in [0.05, 0.1) is 22.3 Å². The SMILES string of the molecule is O=C(CC(=O)N1N=C(n2ccc3ccccc32)C[C@@H]1c1ccccc1)Nc1ccccc1Cl. The second-order valence-corrected chi connectivity index (χ2v) is 8.24. The van der Waals surface area contributed by atoms with Crippen molar-refractivity contribution < 1.29 is 9.59 Å². The van der Waals surface area contributed by atoms with Gasteiger partial charge in [-0.25, -0.2) is 5.01 Å². The van der Waals surface area contributed by atoms with E-state index in [9.17, 15) is 9.59 Å². The van der Waals surface area contributed by atoms with Gasteiger partial charge in [-0.15, -0.1) is 0 Å². The molecule has 0 saturated heterocycles. The minimum atomic E-state index is -0.435. The third kappa shape index (κ3) is 4.25. The Kier molecular flexibility index (Phi) is 5.67. The Hall–Kier alpha value is -3.90. The van der Waals surface area contributed by atoms with E-state index in [1.165, 1.54) is 5.01 Å². The van der Waals surface area contributed by atoms with Crippen molar-refractivity contribution in [1.82, 2.24) is 9.58 Å². The first kappa shape index (κ1) is 21.0. The topological polar surface area (TPSA) is 66.7 Å². The van der Waals surface area contributed by atoms with Gasteiger partial charge in [0.15, 0.2) is 0 Å². The zero-order valence-electron chi connectivity index (χ0n) is 17.7. The van der Waals surface area contributed by atoms with Crippen LogP contribution in [-0.4, -0.2) is 27.2 Å². The number of aromatic nitrogens is 1. The summed E-state index contributed by atoms with van der Waals surface area (Å²) in [5.41, 5.74) is 2.46. The molecule has 0 aliphatic carbocycles. The van der Waals surface area contributed by atoms with Crippen molar-refractivity contribution in [2.45, 2.75) is 18.9 Å². The number of amides is 2. The highest BCUT2D eigenvalue weighted by molar-refractivity contribution is 6.33. The third-order valence-corrected chi connectivity index (χ3v) is 6.00. The molecule has 7 heteroatoms. The fourth-order valence-corrected chi connectivity index (χ4v) is 4.27. The van der Waals surface area contributed by atoms with Crippen LogP contribution in [0.3, 0.4) is 0 Å². The molecular weight excluding hydrogens is 436 g/mol. The molecule has 33 heavy (non-hydrogen) atoms. The van der Waals surface area contributed by atoms with Crippen molar-refractivity contribution in [3.05, 3.63) is 102 Å². The summed E-state index contributed by atoms with van der Waals surface area (Å²) in [6.07, 6.45) is 2.17. The lowest BCUT2D eigenvalue weighted by Gasteiger charge is -2.21. The number of carbonyl (C=O) groups is 2. The van der Waals surface area contributed by atoms with E-state index < -0.39 is 5.91 Å². The molecule has 0 saturated carbocycles. The number of nitrogens with one attached hydrogen (secondary N) is 1. The number of hydrazone groups is 1. The van der Waals surface area contributed by atoms with E-state index in [1.54, 1.807) is 24.3 Å². The van der Waals surface area contributed by atoms with E-state index in [4.69, 9.17) is 11.6 Å². The predicted molar refractivity (Wildman–Crippen MR) is 130 cm³/mol. The average Bonchev–Trinajstić information content (AvgIpc) is 3.46. The number of halogens is 1. The fraction of sp³-hybridized carbons (Fsp3) is 0.115. The summed E-state index contributed by atoms with van der Waals surface area (Å²) in [4.78, 5) is 25.8. The van der Waals surface area contributed by atoms with E-state index in [0.717, 1.165) is 22.3 Å². The molecule has 1 atom stereocenters. The fourth-order valence-electron chi connectivity index (χ4n) is 4.09. The van der Waals surface area contributed by atoms with Crippen LogP contribution in [0.4, 0.5) is 5.69 Å². The Morgan fingerprint density at radius 1 is 0.939 bits per heavy atom. The standard InChI is InChI=1S/C26H21ClN4O2/c27-20-11-5-6-12-21(20)28-25(32)17-26(33)31-23(18-8-2-1-3-9-18)16-24(29-31)30-15-14-19-10-4-7-13-22(19)30/h1-15,23H,16-17H2,(H,28,32)/t23-/m1/s1. The summed E-state index contributed by atoms with van der Waals surface area (Å²) in [5, 5.41) is 10.3. The maximum atomic E-state index is 13.2. The lowest BCUT2D eigenvalue weighted by Crippen LogP contribution is -2.30. The van der Waals surface area contributed by atoms with Crippen molar-refractivity contribution in [2.75, 3.05) is 5.32 Å². The number of fused-ring (bicyclic) bond motifs is 1.